The fourth-order valence-electron chi connectivity index (χ4n) is 1.45. The number of H-pyrrole nitrogens is 1. The number of ether oxygens (including phenoxy) is 1. The molecule has 6 nitrogen and oxygen atoms in total. The Balaban J connectivity index is 2.04. The van der Waals surface area contributed by atoms with E-state index < -0.39 is 12.3 Å². The number of benzene rings is 1. The van der Waals surface area contributed by atoms with E-state index in [2.05, 4.69) is 25.5 Å². The van der Waals surface area contributed by atoms with Gasteiger partial charge in [0, 0.05) is 12.1 Å². The van der Waals surface area contributed by atoms with Crippen molar-refractivity contribution in [3.63, 3.8) is 0 Å². The van der Waals surface area contributed by atoms with E-state index in [9.17, 15) is 18.0 Å². The minimum Gasteiger partial charge on any atom is -0.405 e. The number of nitrogens with zero attached hydrogens (tertiary/aromatic N) is 2. The first-order chi connectivity index (χ1) is 9.46. The molecule has 2 rings (SSSR count). The molecule has 0 fully saturated rings. The van der Waals surface area contributed by atoms with Gasteiger partial charge in [-0.1, -0.05) is 18.2 Å². The number of aromatic amines is 1. The third-order valence-electron chi connectivity index (χ3n) is 2.29. The molecule has 1 amide bonds. The van der Waals surface area contributed by atoms with Gasteiger partial charge in [0.25, 0.3) is 5.91 Å². The zero-order valence-corrected chi connectivity index (χ0v) is 9.94. The summed E-state index contributed by atoms with van der Waals surface area (Å²) in [6.07, 6.45) is -3.58. The van der Waals surface area contributed by atoms with Crippen LogP contribution < -0.4 is 10.1 Å². The highest BCUT2D eigenvalue weighted by atomic mass is 19.4. The number of nitrogens with one attached hydrogen (secondary N) is 2. The molecule has 0 bridgehead atoms. The van der Waals surface area contributed by atoms with Crippen LogP contribution in [0.5, 0.6) is 5.75 Å². The Hall–Kier alpha value is -2.58. The third kappa shape index (κ3) is 3.70. The number of aromatic nitrogens is 3. The highest BCUT2D eigenvalue weighted by molar-refractivity contribution is 5.91. The van der Waals surface area contributed by atoms with Crippen molar-refractivity contribution in [2.45, 2.75) is 12.9 Å². The van der Waals surface area contributed by atoms with Gasteiger partial charge in [0.2, 0.25) is 0 Å². The topological polar surface area (TPSA) is 79.9 Å². The van der Waals surface area contributed by atoms with Gasteiger partial charge in [0.1, 0.15) is 5.75 Å². The molecule has 2 aromatic rings. The SMILES string of the molecule is O=C(NCc1ccccc1OC(F)(F)F)c1cn[nH]n1. The van der Waals surface area contributed by atoms with E-state index in [0.717, 1.165) is 0 Å². The van der Waals surface area contributed by atoms with Crippen molar-refractivity contribution in [1.29, 1.82) is 0 Å². The van der Waals surface area contributed by atoms with Crippen molar-refractivity contribution in [1.82, 2.24) is 20.7 Å². The molecule has 0 aliphatic carbocycles. The first-order valence-corrected chi connectivity index (χ1v) is 5.43. The number of rotatable bonds is 4. The van der Waals surface area contributed by atoms with E-state index in [-0.39, 0.29) is 23.6 Å². The summed E-state index contributed by atoms with van der Waals surface area (Å²) >= 11 is 0. The lowest BCUT2D eigenvalue weighted by atomic mass is 10.2. The Bertz CT molecular complexity index is 584. The highest BCUT2D eigenvalue weighted by Crippen LogP contribution is 2.26. The van der Waals surface area contributed by atoms with Crippen LogP contribution in [-0.2, 0) is 6.54 Å². The van der Waals surface area contributed by atoms with Crippen LogP contribution in [0.4, 0.5) is 13.2 Å². The molecule has 0 spiro atoms. The van der Waals surface area contributed by atoms with E-state index in [1.807, 2.05) is 0 Å². The fourth-order valence-corrected chi connectivity index (χ4v) is 1.45. The molecular formula is C11H9F3N4O2. The fraction of sp³-hybridized carbons (Fsp3) is 0.182. The average molecular weight is 286 g/mol. The second-order valence-corrected chi connectivity index (χ2v) is 3.69. The Morgan fingerprint density at radius 2 is 2.10 bits per heavy atom. The Labute approximate surface area is 110 Å². The first-order valence-electron chi connectivity index (χ1n) is 5.43. The Kier molecular flexibility index (Phi) is 3.87. The second kappa shape index (κ2) is 5.59. The number of hydrogen-bond acceptors (Lipinski definition) is 4. The van der Waals surface area contributed by atoms with Crippen LogP contribution in [0.3, 0.4) is 0 Å². The van der Waals surface area contributed by atoms with E-state index in [1.54, 1.807) is 6.07 Å². The summed E-state index contributed by atoms with van der Waals surface area (Å²) < 4.78 is 40.5. The first kappa shape index (κ1) is 13.8. The maximum Gasteiger partial charge on any atom is 0.573 e. The minimum atomic E-state index is -4.79. The molecule has 106 valence electrons. The molecule has 0 unspecified atom stereocenters. The summed E-state index contributed by atoms with van der Waals surface area (Å²) in [6, 6.07) is 5.54. The predicted octanol–water partition coefficient (Wildman–Crippen LogP) is 1.63. The molecule has 0 saturated heterocycles. The number of carbonyl (C=O) groups is 1. The standard InChI is InChI=1S/C11H9F3N4O2/c12-11(13,14)20-9-4-2-1-3-7(9)5-15-10(19)8-6-16-18-17-8/h1-4,6H,5H2,(H,15,19)(H,16,17,18). The number of halogens is 3. The van der Waals surface area contributed by atoms with Crippen LogP contribution in [0, 0.1) is 0 Å². The largest absolute Gasteiger partial charge is 0.573 e. The van der Waals surface area contributed by atoms with Crippen molar-refractivity contribution in [3.05, 3.63) is 41.7 Å². The van der Waals surface area contributed by atoms with E-state index in [4.69, 9.17) is 0 Å². The zero-order valence-electron chi connectivity index (χ0n) is 9.94. The average Bonchev–Trinajstić information content (AvgIpc) is 2.89. The molecule has 0 radical (unpaired) electrons. The van der Waals surface area contributed by atoms with Gasteiger partial charge in [-0.15, -0.1) is 13.2 Å². The molecule has 20 heavy (non-hydrogen) atoms. The van der Waals surface area contributed by atoms with Gasteiger partial charge in [-0.05, 0) is 6.07 Å². The van der Waals surface area contributed by atoms with Gasteiger partial charge in [-0.25, -0.2) is 0 Å². The normalized spacial score (nSPS) is 11.2. The van der Waals surface area contributed by atoms with Crippen molar-refractivity contribution < 1.29 is 22.7 Å². The molecule has 0 saturated carbocycles. The maximum absolute atomic E-state index is 12.2. The molecule has 1 aromatic heterocycles. The molecular weight excluding hydrogens is 277 g/mol. The quantitative estimate of drug-likeness (QED) is 0.895. The van der Waals surface area contributed by atoms with Gasteiger partial charge in [-0.2, -0.15) is 15.4 Å². The smallest absolute Gasteiger partial charge is 0.405 e. The lowest BCUT2D eigenvalue weighted by Crippen LogP contribution is -2.24. The van der Waals surface area contributed by atoms with Crippen molar-refractivity contribution in [2.24, 2.45) is 0 Å². The van der Waals surface area contributed by atoms with Crippen LogP contribution in [-0.4, -0.2) is 27.7 Å². The van der Waals surface area contributed by atoms with Gasteiger partial charge < -0.3 is 10.1 Å². The number of alkyl halides is 3. The van der Waals surface area contributed by atoms with Gasteiger partial charge in [0.05, 0.1) is 6.20 Å². The summed E-state index contributed by atoms with van der Waals surface area (Å²) in [5.41, 5.74) is 0.237. The van der Waals surface area contributed by atoms with E-state index >= 15 is 0 Å². The lowest BCUT2D eigenvalue weighted by Gasteiger charge is -2.13. The van der Waals surface area contributed by atoms with Crippen molar-refractivity contribution >= 4 is 5.91 Å². The summed E-state index contributed by atoms with van der Waals surface area (Å²) in [7, 11) is 0. The Morgan fingerprint density at radius 1 is 1.35 bits per heavy atom. The molecule has 0 aliphatic rings. The van der Waals surface area contributed by atoms with Gasteiger partial charge >= 0.3 is 6.36 Å². The summed E-state index contributed by atoms with van der Waals surface area (Å²) in [6.45, 7) is -0.127. The van der Waals surface area contributed by atoms with Crippen LogP contribution in [0.2, 0.25) is 0 Å². The molecule has 0 aliphatic heterocycles. The maximum atomic E-state index is 12.2. The number of hydrogen-bond donors (Lipinski definition) is 2. The van der Waals surface area contributed by atoms with E-state index in [1.165, 1.54) is 24.4 Å². The van der Waals surface area contributed by atoms with Crippen molar-refractivity contribution in [2.75, 3.05) is 0 Å². The monoisotopic (exact) mass is 286 g/mol. The van der Waals surface area contributed by atoms with Crippen LogP contribution in [0.15, 0.2) is 30.5 Å². The number of amides is 1. The summed E-state index contributed by atoms with van der Waals surface area (Å²) in [5, 5.41) is 11.7. The molecule has 0 atom stereocenters. The van der Waals surface area contributed by atoms with Crippen molar-refractivity contribution in [3.8, 4) is 5.75 Å². The zero-order chi connectivity index (χ0) is 14.6. The van der Waals surface area contributed by atoms with Gasteiger partial charge in [-0.3, -0.25) is 4.79 Å². The molecule has 2 N–H and O–H groups in total. The number of carbonyl (C=O) groups excluding carboxylic acids is 1. The van der Waals surface area contributed by atoms with Crippen LogP contribution in [0.1, 0.15) is 16.1 Å². The number of para-hydroxylation sites is 1. The summed E-state index contributed by atoms with van der Waals surface area (Å²) in [5.74, 6) is -0.916. The Morgan fingerprint density at radius 3 is 2.75 bits per heavy atom. The summed E-state index contributed by atoms with van der Waals surface area (Å²) in [4.78, 5) is 11.6. The van der Waals surface area contributed by atoms with Gasteiger partial charge in [0.15, 0.2) is 5.69 Å². The minimum absolute atomic E-state index is 0.0409. The lowest BCUT2D eigenvalue weighted by molar-refractivity contribution is -0.274. The molecule has 1 aromatic carbocycles. The third-order valence-corrected chi connectivity index (χ3v) is 2.29. The van der Waals surface area contributed by atoms with E-state index in [0.29, 0.717) is 0 Å². The van der Waals surface area contributed by atoms with Crippen LogP contribution in [0.25, 0.3) is 0 Å². The second-order valence-electron chi connectivity index (χ2n) is 3.69. The predicted molar refractivity (Wildman–Crippen MR) is 60.7 cm³/mol. The highest BCUT2D eigenvalue weighted by Gasteiger charge is 2.31. The molecule has 1 heterocycles. The van der Waals surface area contributed by atoms with Crippen LogP contribution >= 0.6 is 0 Å². The molecule has 9 heteroatoms.